The van der Waals surface area contributed by atoms with Crippen LogP contribution in [0.1, 0.15) is 18.4 Å². The smallest absolute Gasteiger partial charge is 0.329 e. The van der Waals surface area contributed by atoms with Crippen molar-refractivity contribution in [2.45, 2.75) is 18.9 Å². The van der Waals surface area contributed by atoms with Crippen molar-refractivity contribution in [3.05, 3.63) is 23.8 Å². The number of fused-ring (bicyclic) bond motifs is 1. The normalized spacial score (nSPS) is 19.0. The van der Waals surface area contributed by atoms with Crippen LogP contribution >= 0.6 is 0 Å². The Bertz CT molecular complexity index is 626. The van der Waals surface area contributed by atoms with Crippen LogP contribution in [0.15, 0.2) is 23.3 Å². The summed E-state index contributed by atoms with van der Waals surface area (Å²) in [6, 6.07) is 5.25. The lowest BCUT2D eigenvalue weighted by Gasteiger charge is -2.09. The Labute approximate surface area is 132 Å². The largest absolute Gasteiger partial charge is 0.454 e. The maximum Gasteiger partial charge on any atom is 0.329 e. The van der Waals surface area contributed by atoms with Crippen LogP contribution in [-0.4, -0.2) is 44.1 Å². The molecule has 8 heteroatoms. The molecule has 1 aromatic carbocycles. The lowest BCUT2D eigenvalue weighted by molar-refractivity contribution is -0.139. The van der Waals surface area contributed by atoms with E-state index in [0.717, 1.165) is 12.8 Å². The van der Waals surface area contributed by atoms with E-state index in [0.29, 0.717) is 30.2 Å². The zero-order valence-corrected chi connectivity index (χ0v) is 12.4. The molecular formula is C15H17N3O5. The van der Waals surface area contributed by atoms with Crippen LogP contribution in [0.5, 0.6) is 11.5 Å². The summed E-state index contributed by atoms with van der Waals surface area (Å²) < 4.78 is 15.8. The fourth-order valence-electron chi connectivity index (χ4n) is 2.30. The van der Waals surface area contributed by atoms with E-state index < -0.39 is 11.8 Å². The minimum atomic E-state index is -0.819. The number of nitrogens with zero attached hydrogens (tertiary/aromatic N) is 1. The molecule has 0 aliphatic carbocycles. The van der Waals surface area contributed by atoms with Gasteiger partial charge in [0.25, 0.3) is 0 Å². The van der Waals surface area contributed by atoms with E-state index in [1.54, 1.807) is 18.2 Å². The van der Waals surface area contributed by atoms with Gasteiger partial charge in [-0.25, -0.2) is 5.43 Å². The summed E-state index contributed by atoms with van der Waals surface area (Å²) in [7, 11) is 0. The van der Waals surface area contributed by atoms with Gasteiger partial charge in [-0.1, -0.05) is 0 Å². The van der Waals surface area contributed by atoms with Gasteiger partial charge in [0, 0.05) is 13.2 Å². The fourth-order valence-corrected chi connectivity index (χ4v) is 2.30. The summed E-state index contributed by atoms with van der Waals surface area (Å²) in [6.45, 7) is 1.22. The Hall–Kier alpha value is -2.61. The van der Waals surface area contributed by atoms with Crippen molar-refractivity contribution in [2.75, 3.05) is 19.9 Å². The highest BCUT2D eigenvalue weighted by molar-refractivity contribution is 6.35. The third-order valence-corrected chi connectivity index (χ3v) is 3.50. The molecule has 2 aliphatic rings. The molecule has 0 radical (unpaired) electrons. The van der Waals surface area contributed by atoms with Crippen LogP contribution in [0.25, 0.3) is 0 Å². The maximum atomic E-state index is 11.6. The SMILES string of the molecule is O=C(NC[C@H]1CCCO1)C(=O)NN=Cc1ccc2c(c1)OCO2. The number of rotatable bonds is 4. The Balaban J connectivity index is 1.45. The highest BCUT2D eigenvalue weighted by Crippen LogP contribution is 2.31. The summed E-state index contributed by atoms with van der Waals surface area (Å²) in [6.07, 6.45) is 3.29. The van der Waals surface area contributed by atoms with Gasteiger partial charge in [-0.3, -0.25) is 9.59 Å². The molecule has 2 amide bonds. The van der Waals surface area contributed by atoms with E-state index in [1.807, 2.05) is 0 Å². The molecule has 1 atom stereocenters. The van der Waals surface area contributed by atoms with Crippen LogP contribution in [0.3, 0.4) is 0 Å². The van der Waals surface area contributed by atoms with Crippen molar-refractivity contribution >= 4 is 18.0 Å². The van der Waals surface area contributed by atoms with E-state index in [-0.39, 0.29) is 12.9 Å². The topological polar surface area (TPSA) is 98.2 Å². The monoisotopic (exact) mass is 319 g/mol. The average molecular weight is 319 g/mol. The standard InChI is InChI=1S/C15H17N3O5/c19-14(16-8-11-2-1-5-21-11)15(20)18-17-7-10-3-4-12-13(6-10)23-9-22-12/h3-4,6-7,11H,1-2,5,8-9H2,(H,16,19)(H,18,20)/t11-/m1/s1. The second kappa shape index (κ2) is 7.10. The molecule has 0 saturated carbocycles. The number of nitrogens with one attached hydrogen (secondary N) is 2. The Kier molecular flexibility index (Phi) is 4.72. The minimum Gasteiger partial charge on any atom is -0.454 e. The van der Waals surface area contributed by atoms with Crippen LogP contribution < -0.4 is 20.2 Å². The first kappa shape index (κ1) is 15.3. The third kappa shape index (κ3) is 3.98. The van der Waals surface area contributed by atoms with Gasteiger partial charge >= 0.3 is 11.8 Å². The van der Waals surface area contributed by atoms with Crippen molar-refractivity contribution < 1.29 is 23.8 Å². The Morgan fingerprint density at radius 1 is 1.26 bits per heavy atom. The lowest BCUT2D eigenvalue weighted by Crippen LogP contribution is -2.41. The molecule has 1 fully saturated rings. The zero-order chi connectivity index (χ0) is 16.1. The summed E-state index contributed by atoms with van der Waals surface area (Å²) in [4.78, 5) is 23.2. The fraction of sp³-hybridized carbons (Fsp3) is 0.400. The number of carbonyl (C=O) groups is 2. The van der Waals surface area contributed by atoms with Crippen LogP contribution in [0.2, 0.25) is 0 Å². The predicted molar refractivity (Wildman–Crippen MR) is 80.3 cm³/mol. The molecule has 1 aromatic rings. The zero-order valence-electron chi connectivity index (χ0n) is 12.4. The first-order valence-corrected chi connectivity index (χ1v) is 7.35. The summed E-state index contributed by atoms with van der Waals surface area (Å²) >= 11 is 0. The second-order valence-electron chi connectivity index (χ2n) is 5.16. The number of hydrogen-bond donors (Lipinski definition) is 2. The maximum absolute atomic E-state index is 11.6. The second-order valence-corrected chi connectivity index (χ2v) is 5.16. The number of carbonyl (C=O) groups excluding carboxylic acids is 2. The predicted octanol–water partition coefficient (Wildman–Crippen LogP) is 0.161. The molecule has 0 aromatic heterocycles. The van der Waals surface area contributed by atoms with Gasteiger partial charge in [0.2, 0.25) is 6.79 Å². The van der Waals surface area contributed by atoms with Gasteiger partial charge in [0.1, 0.15) is 0 Å². The van der Waals surface area contributed by atoms with Crippen LogP contribution in [0.4, 0.5) is 0 Å². The number of hydrazone groups is 1. The highest BCUT2D eigenvalue weighted by Gasteiger charge is 2.19. The van der Waals surface area contributed by atoms with Gasteiger partial charge in [-0.2, -0.15) is 5.10 Å². The van der Waals surface area contributed by atoms with Crippen molar-refractivity contribution in [3.8, 4) is 11.5 Å². The molecule has 0 spiro atoms. The molecule has 2 aliphatic heterocycles. The molecule has 0 unspecified atom stereocenters. The number of amides is 2. The molecule has 23 heavy (non-hydrogen) atoms. The third-order valence-electron chi connectivity index (χ3n) is 3.50. The van der Waals surface area contributed by atoms with Gasteiger partial charge < -0.3 is 19.5 Å². The van der Waals surface area contributed by atoms with Crippen molar-refractivity contribution in [1.82, 2.24) is 10.7 Å². The first-order valence-electron chi connectivity index (χ1n) is 7.35. The van der Waals surface area contributed by atoms with Crippen molar-refractivity contribution in [2.24, 2.45) is 5.10 Å². The van der Waals surface area contributed by atoms with E-state index in [1.165, 1.54) is 6.21 Å². The average Bonchev–Trinajstić information content (AvgIpc) is 3.23. The summed E-state index contributed by atoms with van der Waals surface area (Å²) in [5.41, 5.74) is 2.90. The number of benzene rings is 1. The molecular weight excluding hydrogens is 302 g/mol. The quantitative estimate of drug-likeness (QED) is 0.468. The molecule has 1 saturated heterocycles. The molecule has 8 nitrogen and oxygen atoms in total. The van der Waals surface area contributed by atoms with E-state index in [4.69, 9.17) is 14.2 Å². The molecule has 3 rings (SSSR count). The molecule has 2 heterocycles. The Morgan fingerprint density at radius 2 is 2.13 bits per heavy atom. The van der Waals surface area contributed by atoms with Gasteiger partial charge in [-0.05, 0) is 36.6 Å². The molecule has 2 N–H and O–H groups in total. The van der Waals surface area contributed by atoms with Crippen LogP contribution in [0, 0.1) is 0 Å². The lowest BCUT2D eigenvalue weighted by atomic mass is 10.2. The minimum absolute atomic E-state index is 0.0103. The van der Waals surface area contributed by atoms with Gasteiger partial charge in [0.05, 0.1) is 12.3 Å². The van der Waals surface area contributed by atoms with Crippen LogP contribution in [-0.2, 0) is 14.3 Å². The Morgan fingerprint density at radius 3 is 2.96 bits per heavy atom. The van der Waals surface area contributed by atoms with E-state index in [2.05, 4.69) is 15.8 Å². The molecule has 0 bridgehead atoms. The number of hydrogen-bond acceptors (Lipinski definition) is 6. The van der Waals surface area contributed by atoms with Crippen molar-refractivity contribution in [3.63, 3.8) is 0 Å². The van der Waals surface area contributed by atoms with Crippen molar-refractivity contribution in [1.29, 1.82) is 0 Å². The number of ether oxygens (including phenoxy) is 3. The van der Waals surface area contributed by atoms with Gasteiger partial charge in [0.15, 0.2) is 11.5 Å². The highest BCUT2D eigenvalue weighted by atomic mass is 16.7. The first-order chi connectivity index (χ1) is 11.2. The molecule has 122 valence electrons. The summed E-state index contributed by atoms with van der Waals surface area (Å²) in [5.74, 6) is -0.266. The van der Waals surface area contributed by atoms with E-state index in [9.17, 15) is 9.59 Å². The summed E-state index contributed by atoms with van der Waals surface area (Å²) in [5, 5.41) is 6.28. The van der Waals surface area contributed by atoms with Gasteiger partial charge in [-0.15, -0.1) is 0 Å². The van der Waals surface area contributed by atoms with E-state index >= 15 is 0 Å².